The van der Waals surface area contributed by atoms with Gasteiger partial charge in [-0.2, -0.15) is 0 Å². The Labute approximate surface area is 170 Å². The van der Waals surface area contributed by atoms with E-state index in [1.807, 2.05) is 36.4 Å². The molecule has 0 saturated heterocycles. The second kappa shape index (κ2) is 9.24. The van der Waals surface area contributed by atoms with Crippen LogP contribution in [0, 0.1) is 0 Å². The molecule has 0 bridgehead atoms. The summed E-state index contributed by atoms with van der Waals surface area (Å²) >= 11 is 1.39. The van der Waals surface area contributed by atoms with Crippen LogP contribution in [0.25, 0.3) is 0 Å². The van der Waals surface area contributed by atoms with Crippen LogP contribution in [0.15, 0.2) is 47.6 Å². The number of hydrogen-bond donors (Lipinski definition) is 1. The first kappa shape index (κ1) is 20.4. The zero-order valence-corrected chi connectivity index (χ0v) is 17.5. The molecule has 0 saturated carbocycles. The number of carbonyl (C=O) groups excluding carboxylic acids is 2. The molecule has 2 amide bonds. The predicted molar refractivity (Wildman–Crippen MR) is 115 cm³/mol. The van der Waals surface area contributed by atoms with Crippen molar-refractivity contribution in [3.63, 3.8) is 0 Å². The number of amides is 2. The zero-order chi connectivity index (χ0) is 20.1. The molecule has 148 valence electrons. The van der Waals surface area contributed by atoms with Crippen molar-refractivity contribution < 1.29 is 9.59 Å². The largest absolute Gasteiger partial charge is 0.326 e. The topological polar surface area (TPSA) is 62.3 Å². The molecule has 1 aliphatic rings. The van der Waals surface area contributed by atoms with Crippen molar-refractivity contribution in [2.75, 3.05) is 16.8 Å². The molecular formula is C22H27N3O2S. The summed E-state index contributed by atoms with van der Waals surface area (Å²) in [6, 6.07) is 11.6. The van der Waals surface area contributed by atoms with Gasteiger partial charge in [-0.1, -0.05) is 57.2 Å². The third-order valence-corrected chi connectivity index (χ3v) is 5.99. The van der Waals surface area contributed by atoms with Gasteiger partial charge in [-0.3, -0.25) is 9.59 Å². The second-order valence-electron chi connectivity index (χ2n) is 7.27. The first-order valence-corrected chi connectivity index (χ1v) is 10.7. The molecular weight excluding hydrogens is 370 g/mol. The van der Waals surface area contributed by atoms with Gasteiger partial charge in [-0.15, -0.1) is 0 Å². The average molecular weight is 398 g/mol. The van der Waals surface area contributed by atoms with Crippen molar-refractivity contribution in [3.8, 4) is 0 Å². The highest BCUT2D eigenvalue weighted by molar-refractivity contribution is 8.00. The number of aromatic nitrogens is 1. The molecule has 1 atom stereocenters. The lowest BCUT2D eigenvalue weighted by atomic mass is 10.0. The average Bonchev–Trinajstić information content (AvgIpc) is 2.68. The van der Waals surface area contributed by atoms with Gasteiger partial charge in [0.15, 0.2) is 0 Å². The van der Waals surface area contributed by atoms with Gasteiger partial charge in [-0.25, -0.2) is 4.98 Å². The second-order valence-corrected chi connectivity index (χ2v) is 8.46. The number of carbonyl (C=O) groups is 2. The molecule has 2 heterocycles. The standard InChI is InChI=1S/C22H27N3O2S/c1-4-5-13-25-18-11-8-12-23-21(18)28-19(22(25)27)14-20(26)24-17-10-7-6-9-16(17)15(2)3/h6-12,15,19H,4-5,13-14H2,1-3H3,(H,24,26). The lowest BCUT2D eigenvalue weighted by Crippen LogP contribution is -2.43. The molecule has 5 nitrogen and oxygen atoms in total. The fourth-order valence-electron chi connectivity index (χ4n) is 3.32. The van der Waals surface area contributed by atoms with Gasteiger partial charge in [0, 0.05) is 24.8 Å². The van der Waals surface area contributed by atoms with E-state index in [4.69, 9.17) is 0 Å². The predicted octanol–water partition coefficient (Wildman–Crippen LogP) is 4.84. The molecule has 0 radical (unpaired) electrons. The van der Waals surface area contributed by atoms with Crippen LogP contribution < -0.4 is 10.2 Å². The zero-order valence-electron chi connectivity index (χ0n) is 16.6. The van der Waals surface area contributed by atoms with Gasteiger partial charge in [0.05, 0.1) is 10.9 Å². The van der Waals surface area contributed by atoms with Crippen LogP contribution in [-0.4, -0.2) is 28.6 Å². The Morgan fingerprint density at radius 3 is 2.79 bits per heavy atom. The molecule has 1 aliphatic heterocycles. The highest BCUT2D eigenvalue weighted by Crippen LogP contribution is 2.39. The maximum absolute atomic E-state index is 13.1. The fourth-order valence-corrected chi connectivity index (χ4v) is 4.47. The molecule has 1 N–H and O–H groups in total. The number of fused-ring (bicyclic) bond motifs is 1. The number of nitrogens with one attached hydrogen (secondary N) is 1. The van der Waals surface area contributed by atoms with Crippen molar-refractivity contribution in [3.05, 3.63) is 48.2 Å². The van der Waals surface area contributed by atoms with E-state index in [1.54, 1.807) is 11.1 Å². The van der Waals surface area contributed by atoms with E-state index in [2.05, 4.69) is 31.1 Å². The number of pyridine rings is 1. The van der Waals surface area contributed by atoms with Gasteiger partial charge in [-0.05, 0) is 36.1 Å². The number of para-hydroxylation sites is 1. The van der Waals surface area contributed by atoms with E-state index in [0.29, 0.717) is 12.5 Å². The van der Waals surface area contributed by atoms with Crippen LogP contribution in [0.1, 0.15) is 51.5 Å². The molecule has 0 spiro atoms. The highest BCUT2D eigenvalue weighted by Gasteiger charge is 2.35. The number of rotatable bonds is 7. The summed E-state index contributed by atoms with van der Waals surface area (Å²) in [5.74, 6) is 0.155. The first-order chi connectivity index (χ1) is 13.5. The van der Waals surface area contributed by atoms with Crippen molar-refractivity contribution in [2.45, 2.75) is 56.2 Å². The minimum Gasteiger partial charge on any atom is -0.326 e. The van der Waals surface area contributed by atoms with Gasteiger partial charge in [0.25, 0.3) is 0 Å². The molecule has 3 rings (SSSR count). The Morgan fingerprint density at radius 2 is 2.04 bits per heavy atom. The molecule has 0 aliphatic carbocycles. The summed E-state index contributed by atoms with van der Waals surface area (Å²) in [6.45, 7) is 6.95. The van der Waals surface area contributed by atoms with Gasteiger partial charge in [0.2, 0.25) is 11.8 Å². The Morgan fingerprint density at radius 1 is 1.25 bits per heavy atom. The molecule has 1 unspecified atom stereocenters. The lowest BCUT2D eigenvalue weighted by Gasteiger charge is -2.32. The van der Waals surface area contributed by atoms with Crippen LogP contribution in [0.5, 0.6) is 0 Å². The van der Waals surface area contributed by atoms with Crippen molar-refractivity contribution in [1.29, 1.82) is 0 Å². The van der Waals surface area contributed by atoms with E-state index < -0.39 is 5.25 Å². The maximum Gasteiger partial charge on any atom is 0.241 e. The molecule has 0 fully saturated rings. The third-order valence-electron chi connectivity index (χ3n) is 4.80. The van der Waals surface area contributed by atoms with Crippen molar-refractivity contribution >= 4 is 35.0 Å². The normalized spacial score (nSPS) is 16.2. The lowest BCUT2D eigenvalue weighted by molar-refractivity contribution is -0.122. The van der Waals surface area contributed by atoms with Crippen molar-refractivity contribution in [1.82, 2.24) is 4.98 Å². The smallest absolute Gasteiger partial charge is 0.241 e. The maximum atomic E-state index is 13.1. The Bertz CT molecular complexity index is 853. The Balaban J connectivity index is 1.75. The molecule has 1 aromatic heterocycles. The van der Waals surface area contributed by atoms with Gasteiger partial charge in [0.1, 0.15) is 5.03 Å². The third kappa shape index (κ3) is 4.55. The highest BCUT2D eigenvalue weighted by atomic mass is 32.2. The molecule has 2 aromatic rings. The summed E-state index contributed by atoms with van der Waals surface area (Å²) in [6.07, 6.45) is 3.79. The first-order valence-electron chi connectivity index (χ1n) is 9.83. The number of benzene rings is 1. The van der Waals surface area contributed by atoms with E-state index >= 15 is 0 Å². The molecule has 6 heteroatoms. The summed E-state index contributed by atoms with van der Waals surface area (Å²) < 4.78 is 0. The van der Waals surface area contributed by atoms with E-state index in [-0.39, 0.29) is 18.2 Å². The molecule has 28 heavy (non-hydrogen) atoms. The number of thioether (sulfide) groups is 1. The van der Waals surface area contributed by atoms with Crippen LogP contribution in [0.4, 0.5) is 11.4 Å². The van der Waals surface area contributed by atoms with Crippen LogP contribution >= 0.6 is 11.8 Å². The quantitative estimate of drug-likeness (QED) is 0.726. The van der Waals surface area contributed by atoms with E-state index in [1.165, 1.54) is 11.8 Å². The number of hydrogen-bond acceptors (Lipinski definition) is 4. The monoisotopic (exact) mass is 397 g/mol. The molecule has 1 aromatic carbocycles. The SMILES string of the molecule is CCCCN1C(=O)C(CC(=O)Nc2ccccc2C(C)C)Sc2ncccc21. The Hall–Kier alpha value is -2.34. The van der Waals surface area contributed by atoms with Crippen LogP contribution in [0.3, 0.4) is 0 Å². The summed E-state index contributed by atoms with van der Waals surface area (Å²) in [7, 11) is 0. The fraction of sp³-hybridized carbons (Fsp3) is 0.409. The summed E-state index contributed by atoms with van der Waals surface area (Å²) in [5, 5.41) is 3.36. The minimum absolute atomic E-state index is 0.00811. The summed E-state index contributed by atoms with van der Waals surface area (Å²) in [5.41, 5.74) is 2.76. The van der Waals surface area contributed by atoms with Crippen LogP contribution in [-0.2, 0) is 9.59 Å². The number of anilines is 2. The van der Waals surface area contributed by atoms with Crippen molar-refractivity contribution in [2.24, 2.45) is 0 Å². The van der Waals surface area contributed by atoms with E-state index in [0.717, 1.165) is 34.8 Å². The minimum atomic E-state index is -0.453. The van der Waals surface area contributed by atoms with Gasteiger partial charge >= 0.3 is 0 Å². The summed E-state index contributed by atoms with van der Waals surface area (Å²) in [4.78, 5) is 32.0. The number of nitrogens with zero attached hydrogens (tertiary/aromatic N) is 2. The van der Waals surface area contributed by atoms with E-state index in [9.17, 15) is 9.59 Å². The van der Waals surface area contributed by atoms with Crippen LogP contribution in [0.2, 0.25) is 0 Å². The number of unbranched alkanes of at least 4 members (excludes halogenated alkanes) is 1. The Kier molecular flexibility index (Phi) is 6.73. The van der Waals surface area contributed by atoms with Gasteiger partial charge < -0.3 is 10.2 Å².